The van der Waals surface area contributed by atoms with E-state index in [0.717, 1.165) is 22.9 Å². The number of hydrogen-bond acceptors (Lipinski definition) is 6. The highest BCUT2D eigenvalue weighted by Crippen LogP contribution is 2.32. The van der Waals surface area contributed by atoms with Gasteiger partial charge in [0.25, 0.3) is 0 Å². The Morgan fingerprint density at radius 2 is 1.82 bits per heavy atom. The van der Waals surface area contributed by atoms with Crippen LogP contribution in [0.1, 0.15) is 39.2 Å². The lowest BCUT2D eigenvalue weighted by atomic mass is 10.1. The number of aliphatic hydroxyl groups is 1. The molecule has 1 amide bonds. The Balaban J connectivity index is 1.39. The standard InChI is InChI=1S/C25H32BrNO6/c1-25(2,3)33-24(29)27-11-9-19(10-12-27)30-13-14-31-20-5-4-6-21(16-20)32-23-8-7-18(17-28)15-22(23)26/h4-8,15-16,19,28H,9-14,17H2,1-3H3. The van der Waals surface area contributed by atoms with E-state index in [4.69, 9.17) is 18.9 Å². The van der Waals surface area contributed by atoms with Gasteiger partial charge in [-0.15, -0.1) is 0 Å². The molecular weight excluding hydrogens is 490 g/mol. The molecule has 0 aromatic heterocycles. The number of ether oxygens (including phenoxy) is 4. The van der Waals surface area contributed by atoms with Crippen LogP contribution in [-0.2, 0) is 16.1 Å². The van der Waals surface area contributed by atoms with Crippen LogP contribution in [0.4, 0.5) is 4.79 Å². The van der Waals surface area contributed by atoms with E-state index >= 15 is 0 Å². The number of amides is 1. The smallest absolute Gasteiger partial charge is 0.410 e. The molecule has 2 aromatic carbocycles. The zero-order valence-electron chi connectivity index (χ0n) is 19.4. The monoisotopic (exact) mass is 521 g/mol. The molecule has 0 spiro atoms. The van der Waals surface area contributed by atoms with E-state index in [1.807, 2.05) is 63.2 Å². The van der Waals surface area contributed by atoms with Crippen molar-refractivity contribution in [2.24, 2.45) is 0 Å². The summed E-state index contributed by atoms with van der Waals surface area (Å²) in [5.41, 5.74) is 0.326. The molecule has 1 aliphatic heterocycles. The average Bonchev–Trinajstić information content (AvgIpc) is 2.77. The lowest BCUT2D eigenvalue weighted by Crippen LogP contribution is -2.43. The van der Waals surface area contributed by atoms with Gasteiger partial charge in [-0.1, -0.05) is 12.1 Å². The zero-order valence-corrected chi connectivity index (χ0v) is 21.0. The molecule has 0 bridgehead atoms. The number of halogens is 1. The third-order valence-electron chi connectivity index (χ3n) is 5.01. The van der Waals surface area contributed by atoms with E-state index < -0.39 is 5.60 Å². The van der Waals surface area contributed by atoms with Crippen LogP contribution in [0.3, 0.4) is 0 Å². The van der Waals surface area contributed by atoms with Crippen LogP contribution in [0.5, 0.6) is 17.2 Å². The van der Waals surface area contributed by atoms with Crippen molar-refractivity contribution < 1.29 is 28.8 Å². The number of hydrogen-bond donors (Lipinski definition) is 1. The molecule has 33 heavy (non-hydrogen) atoms. The topological polar surface area (TPSA) is 77.5 Å². The van der Waals surface area contributed by atoms with E-state index in [0.29, 0.717) is 43.6 Å². The Kier molecular flexibility index (Phi) is 9.00. The van der Waals surface area contributed by atoms with Crippen LogP contribution in [0.15, 0.2) is 46.9 Å². The third kappa shape index (κ3) is 8.21. The summed E-state index contributed by atoms with van der Waals surface area (Å²) in [6, 6.07) is 12.9. The van der Waals surface area contributed by atoms with Crippen LogP contribution >= 0.6 is 15.9 Å². The maximum atomic E-state index is 12.1. The molecule has 2 aromatic rings. The number of aliphatic hydroxyl groups excluding tert-OH is 1. The molecule has 0 aliphatic carbocycles. The Labute approximate surface area is 203 Å². The maximum absolute atomic E-state index is 12.1. The predicted molar refractivity (Wildman–Crippen MR) is 129 cm³/mol. The molecule has 0 unspecified atom stereocenters. The van der Waals surface area contributed by atoms with Gasteiger partial charge in [0.15, 0.2) is 0 Å². The minimum Gasteiger partial charge on any atom is -0.491 e. The van der Waals surface area contributed by atoms with Gasteiger partial charge in [0.05, 0.1) is 23.8 Å². The van der Waals surface area contributed by atoms with Gasteiger partial charge in [-0.2, -0.15) is 0 Å². The summed E-state index contributed by atoms with van der Waals surface area (Å²) >= 11 is 3.46. The van der Waals surface area contributed by atoms with E-state index in [1.54, 1.807) is 4.90 Å². The van der Waals surface area contributed by atoms with E-state index in [9.17, 15) is 9.90 Å². The second-order valence-corrected chi connectivity index (χ2v) is 9.74. The molecule has 0 saturated carbocycles. The van der Waals surface area contributed by atoms with Crippen molar-refractivity contribution in [3.63, 3.8) is 0 Å². The second-order valence-electron chi connectivity index (χ2n) is 8.89. The molecule has 1 fully saturated rings. The summed E-state index contributed by atoms with van der Waals surface area (Å²) in [6.07, 6.45) is 1.42. The first-order chi connectivity index (χ1) is 15.7. The van der Waals surface area contributed by atoms with Crippen molar-refractivity contribution in [1.29, 1.82) is 0 Å². The Morgan fingerprint density at radius 1 is 1.09 bits per heavy atom. The predicted octanol–water partition coefficient (Wildman–Crippen LogP) is 5.53. The number of carbonyl (C=O) groups is 1. The highest BCUT2D eigenvalue weighted by Gasteiger charge is 2.27. The average molecular weight is 522 g/mol. The normalized spacial score (nSPS) is 14.8. The Bertz CT molecular complexity index is 921. The van der Waals surface area contributed by atoms with Crippen molar-refractivity contribution in [1.82, 2.24) is 4.90 Å². The third-order valence-corrected chi connectivity index (χ3v) is 5.63. The molecule has 0 radical (unpaired) electrons. The number of likely N-dealkylation sites (tertiary alicyclic amines) is 1. The number of rotatable bonds is 8. The summed E-state index contributed by atoms with van der Waals surface area (Å²) in [4.78, 5) is 13.9. The Morgan fingerprint density at radius 3 is 2.48 bits per heavy atom. The largest absolute Gasteiger partial charge is 0.491 e. The molecule has 7 nitrogen and oxygen atoms in total. The molecule has 0 atom stereocenters. The van der Waals surface area contributed by atoms with Gasteiger partial charge in [-0.3, -0.25) is 0 Å². The highest BCUT2D eigenvalue weighted by molar-refractivity contribution is 9.10. The van der Waals surface area contributed by atoms with Crippen LogP contribution in [0.2, 0.25) is 0 Å². The number of benzene rings is 2. The van der Waals surface area contributed by atoms with Crippen molar-refractivity contribution in [2.45, 2.75) is 51.9 Å². The molecule has 8 heteroatoms. The fourth-order valence-corrected chi connectivity index (χ4v) is 3.89. The Hall–Kier alpha value is -2.29. The fraction of sp³-hybridized carbons (Fsp3) is 0.480. The van der Waals surface area contributed by atoms with Crippen molar-refractivity contribution in [3.8, 4) is 17.2 Å². The number of carbonyl (C=O) groups excluding carboxylic acids is 1. The van der Waals surface area contributed by atoms with E-state index in [-0.39, 0.29) is 18.8 Å². The maximum Gasteiger partial charge on any atom is 0.410 e. The summed E-state index contributed by atoms with van der Waals surface area (Å²) < 4.78 is 23.9. The molecule has 1 N–H and O–H groups in total. The van der Waals surface area contributed by atoms with Crippen molar-refractivity contribution in [3.05, 3.63) is 52.5 Å². The number of piperidine rings is 1. The van der Waals surface area contributed by atoms with Gasteiger partial charge in [-0.05, 0) is 79.4 Å². The minimum atomic E-state index is -0.481. The molecule has 3 rings (SSSR count). The van der Waals surface area contributed by atoms with Gasteiger partial charge in [-0.25, -0.2) is 4.79 Å². The van der Waals surface area contributed by atoms with E-state index in [2.05, 4.69) is 15.9 Å². The van der Waals surface area contributed by atoms with Crippen LogP contribution < -0.4 is 9.47 Å². The molecule has 1 aliphatic rings. The van der Waals surface area contributed by atoms with Crippen molar-refractivity contribution in [2.75, 3.05) is 26.3 Å². The summed E-state index contributed by atoms with van der Waals surface area (Å²) in [6.45, 7) is 7.75. The first-order valence-corrected chi connectivity index (χ1v) is 11.9. The summed E-state index contributed by atoms with van der Waals surface area (Å²) in [5.74, 6) is 2.00. The fourth-order valence-electron chi connectivity index (χ4n) is 3.39. The molecule has 180 valence electrons. The lowest BCUT2D eigenvalue weighted by molar-refractivity contribution is -0.0177. The second kappa shape index (κ2) is 11.7. The van der Waals surface area contributed by atoms with Crippen molar-refractivity contribution >= 4 is 22.0 Å². The lowest BCUT2D eigenvalue weighted by Gasteiger charge is -2.33. The molecular formula is C25H32BrNO6. The molecule has 1 saturated heterocycles. The van der Waals surface area contributed by atoms with Crippen LogP contribution in [0, 0.1) is 0 Å². The van der Waals surface area contributed by atoms with Gasteiger partial charge in [0.2, 0.25) is 0 Å². The SMILES string of the molecule is CC(C)(C)OC(=O)N1CCC(OCCOc2cccc(Oc3ccc(CO)cc3Br)c2)CC1. The van der Waals surface area contributed by atoms with Gasteiger partial charge >= 0.3 is 6.09 Å². The van der Waals surface area contributed by atoms with Gasteiger partial charge < -0.3 is 29.0 Å². The van der Waals surface area contributed by atoms with Gasteiger partial charge in [0.1, 0.15) is 29.5 Å². The zero-order chi connectivity index (χ0) is 23.8. The summed E-state index contributed by atoms with van der Waals surface area (Å²) in [5, 5.41) is 9.23. The minimum absolute atomic E-state index is 0.0207. The summed E-state index contributed by atoms with van der Waals surface area (Å²) in [7, 11) is 0. The quantitative estimate of drug-likeness (QED) is 0.460. The first kappa shape index (κ1) is 25.3. The highest BCUT2D eigenvalue weighted by atomic mass is 79.9. The van der Waals surface area contributed by atoms with E-state index in [1.165, 1.54) is 0 Å². The molecule has 1 heterocycles. The van der Waals surface area contributed by atoms with Crippen LogP contribution in [0.25, 0.3) is 0 Å². The number of nitrogens with zero attached hydrogens (tertiary/aromatic N) is 1. The first-order valence-electron chi connectivity index (χ1n) is 11.1. The van der Waals surface area contributed by atoms with Crippen LogP contribution in [-0.4, -0.2) is 54.1 Å². The van der Waals surface area contributed by atoms with Gasteiger partial charge in [0, 0.05) is 19.2 Å².